The molecular weight excluding hydrogens is 150 g/mol. The molecule has 0 heterocycles. The van der Waals surface area contributed by atoms with Gasteiger partial charge in [0.1, 0.15) is 0 Å². The first kappa shape index (κ1) is 14.4. The van der Waals surface area contributed by atoms with Crippen LogP contribution >= 0.6 is 0 Å². The van der Waals surface area contributed by atoms with Gasteiger partial charge in [0, 0.05) is 6.61 Å². The van der Waals surface area contributed by atoms with Crippen molar-refractivity contribution in [3.05, 3.63) is 0 Å². The van der Waals surface area contributed by atoms with Gasteiger partial charge in [0.05, 0.1) is 0 Å². The maximum absolute atomic E-state index is 8.14. The summed E-state index contributed by atoms with van der Waals surface area (Å²) in [5.74, 6) is 1.28. The van der Waals surface area contributed by atoms with Crippen LogP contribution < -0.4 is 5.32 Å². The van der Waals surface area contributed by atoms with Gasteiger partial charge in [-0.05, 0) is 31.8 Å². The molecule has 0 unspecified atom stereocenters. The average molecular weight is 175 g/mol. The second-order valence-electron chi connectivity index (χ2n) is 3.86. The molecule has 0 saturated carbocycles. The molecular formula is C10H25NO. The topological polar surface area (TPSA) is 32.3 Å². The Labute approximate surface area is 77.4 Å². The Morgan fingerprint density at radius 3 is 1.58 bits per heavy atom. The Bertz CT molecular complexity index is 72.2. The molecule has 0 rings (SSSR count). The summed E-state index contributed by atoms with van der Waals surface area (Å²) in [6.45, 7) is 9.87. The van der Waals surface area contributed by atoms with Gasteiger partial charge in [0.2, 0.25) is 0 Å². The fourth-order valence-corrected chi connectivity index (χ4v) is 0.433. The summed E-state index contributed by atoms with van der Waals surface area (Å²) in [7, 11) is 1.99. The third-order valence-corrected chi connectivity index (χ3v) is 1.34. The van der Waals surface area contributed by atoms with E-state index in [4.69, 9.17) is 5.11 Å². The summed E-state index contributed by atoms with van der Waals surface area (Å²) in [5, 5.41) is 11.2. The lowest BCUT2D eigenvalue weighted by atomic mass is 10.1. The Balaban J connectivity index is 0. The maximum Gasteiger partial charge on any atom is 0.0453 e. The van der Waals surface area contributed by atoms with Crippen molar-refractivity contribution < 1.29 is 5.11 Å². The van der Waals surface area contributed by atoms with Gasteiger partial charge in [-0.1, -0.05) is 27.7 Å². The molecule has 2 nitrogen and oxygen atoms in total. The quantitative estimate of drug-likeness (QED) is 0.684. The van der Waals surface area contributed by atoms with Crippen LogP contribution in [0.1, 0.15) is 34.1 Å². The standard InChI is InChI=1S/C6H15N.C4H10O/c1-6(2)4-5-7-3;1-4(2)3-5/h6-7H,4-5H2,1-3H3;4-5H,3H2,1-2H3. The van der Waals surface area contributed by atoms with Crippen molar-refractivity contribution in [1.82, 2.24) is 5.32 Å². The smallest absolute Gasteiger partial charge is 0.0453 e. The van der Waals surface area contributed by atoms with Gasteiger partial charge >= 0.3 is 0 Å². The van der Waals surface area contributed by atoms with Gasteiger partial charge in [-0.2, -0.15) is 0 Å². The van der Waals surface area contributed by atoms with Gasteiger partial charge in [-0.15, -0.1) is 0 Å². The number of nitrogens with one attached hydrogen (secondary N) is 1. The Hall–Kier alpha value is -0.0800. The zero-order valence-electron chi connectivity index (χ0n) is 9.22. The predicted molar refractivity (Wildman–Crippen MR) is 55.3 cm³/mol. The molecule has 0 radical (unpaired) electrons. The van der Waals surface area contributed by atoms with Crippen molar-refractivity contribution in [2.75, 3.05) is 20.2 Å². The summed E-state index contributed by atoms with van der Waals surface area (Å²) in [5.41, 5.74) is 0. The molecule has 2 heteroatoms. The molecule has 0 spiro atoms. The second-order valence-corrected chi connectivity index (χ2v) is 3.86. The summed E-state index contributed by atoms with van der Waals surface area (Å²) in [6, 6.07) is 0. The largest absolute Gasteiger partial charge is 0.396 e. The van der Waals surface area contributed by atoms with E-state index in [1.807, 2.05) is 20.9 Å². The molecule has 0 fully saturated rings. The van der Waals surface area contributed by atoms with E-state index in [0.717, 1.165) is 12.5 Å². The number of aliphatic hydroxyl groups excluding tert-OH is 1. The van der Waals surface area contributed by atoms with E-state index in [1.165, 1.54) is 6.42 Å². The van der Waals surface area contributed by atoms with Crippen molar-refractivity contribution in [1.29, 1.82) is 0 Å². The third-order valence-electron chi connectivity index (χ3n) is 1.34. The average Bonchev–Trinajstić information content (AvgIpc) is 2.02. The molecule has 2 N–H and O–H groups in total. The molecule has 0 aliphatic rings. The Kier molecular flexibility index (Phi) is 13.1. The van der Waals surface area contributed by atoms with Gasteiger partial charge in [-0.3, -0.25) is 0 Å². The fraction of sp³-hybridized carbons (Fsp3) is 1.00. The molecule has 0 atom stereocenters. The fourth-order valence-electron chi connectivity index (χ4n) is 0.433. The van der Waals surface area contributed by atoms with Gasteiger partial charge in [-0.25, -0.2) is 0 Å². The van der Waals surface area contributed by atoms with E-state index in [9.17, 15) is 0 Å². The minimum Gasteiger partial charge on any atom is -0.396 e. The summed E-state index contributed by atoms with van der Waals surface area (Å²) >= 11 is 0. The SMILES string of the molecule is CC(C)CO.CNCCC(C)C. The lowest BCUT2D eigenvalue weighted by Gasteiger charge is -2.00. The van der Waals surface area contributed by atoms with Crippen LogP contribution in [0.3, 0.4) is 0 Å². The van der Waals surface area contributed by atoms with Crippen molar-refractivity contribution in [3.8, 4) is 0 Å². The highest BCUT2D eigenvalue weighted by molar-refractivity contribution is 4.45. The molecule has 12 heavy (non-hydrogen) atoms. The minimum absolute atomic E-state index is 0.306. The van der Waals surface area contributed by atoms with E-state index in [2.05, 4.69) is 19.2 Å². The molecule has 0 amide bonds. The molecule has 0 aromatic heterocycles. The molecule has 0 aromatic carbocycles. The number of hydrogen-bond acceptors (Lipinski definition) is 2. The molecule has 0 aliphatic heterocycles. The van der Waals surface area contributed by atoms with Crippen LogP contribution in [0.5, 0.6) is 0 Å². The third kappa shape index (κ3) is 22.5. The Morgan fingerprint density at radius 2 is 1.50 bits per heavy atom. The zero-order valence-corrected chi connectivity index (χ0v) is 9.22. The van der Waals surface area contributed by atoms with Gasteiger partial charge in [0.25, 0.3) is 0 Å². The molecule has 0 aliphatic carbocycles. The van der Waals surface area contributed by atoms with Crippen LogP contribution in [0, 0.1) is 11.8 Å². The van der Waals surface area contributed by atoms with Crippen molar-refractivity contribution in [2.45, 2.75) is 34.1 Å². The van der Waals surface area contributed by atoms with E-state index < -0.39 is 0 Å². The minimum atomic E-state index is 0.306. The van der Waals surface area contributed by atoms with E-state index in [0.29, 0.717) is 12.5 Å². The van der Waals surface area contributed by atoms with Crippen LogP contribution in [-0.2, 0) is 0 Å². The van der Waals surface area contributed by atoms with Crippen LogP contribution in [-0.4, -0.2) is 25.3 Å². The van der Waals surface area contributed by atoms with Gasteiger partial charge < -0.3 is 10.4 Å². The van der Waals surface area contributed by atoms with Gasteiger partial charge in [0.15, 0.2) is 0 Å². The summed E-state index contributed by atoms with van der Waals surface area (Å²) in [6.07, 6.45) is 1.29. The number of rotatable bonds is 4. The highest BCUT2D eigenvalue weighted by Gasteiger charge is 1.88. The van der Waals surface area contributed by atoms with Crippen LogP contribution in [0.25, 0.3) is 0 Å². The summed E-state index contributed by atoms with van der Waals surface area (Å²) < 4.78 is 0. The lowest BCUT2D eigenvalue weighted by molar-refractivity contribution is 0.248. The van der Waals surface area contributed by atoms with E-state index in [1.54, 1.807) is 0 Å². The predicted octanol–water partition coefficient (Wildman–Crippen LogP) is 1.89. The molecule has 0 saturated heterocycles. The van der Waals surface area contributed by atoms with E-state index >= 15 is 0 Å². The zero-order chi connectivity index (χ0) is 9.98. The molecule has 0 aromatic rings. The first-order valence-corrected chi connectivity index (χ1v) is 4.80. The first-order chi connectivity index (χ1) is 5.54. The van der Waals surface area contributed by atoms with Crippen LogP contribution in [0.4, 0.5) is 0 Å². The molecule has 76 valence electrons. The number of aliphatic hydroxyl groups is 1. The highest BCUT2D eigenvalue weighted by Crippen LogP contribution is 1.94. The number of hydrogen-bond donors (Lipinski definition) is 2. The second kappa shape index (κ2) is 10.9. The normalized spacial score (nSPS) is 10.0. The Morgan fingerprint density at radius 1 is 1.08 bits per heavy atom. The summed E-state index contributed by atoms with van der Waals surface area (Å²) in [4.78, 5) is 0. The van der Waals surface area contributed by atoms with Crippen molar-refractivity contribution in [3.63, 3.8) is 0 Å². The molecule has 0 bridgehead atoms. The lowest BCUT2D eigenvalue weighted by Crippen LogP contribution is -2.09. The first-order valence-electron chi connectivity index (χ1n) is 4.80. The van der Waals surface area contributed by atoms with E-state index in [-0.39, 0.29) is 0 Å². The van der Waals surface area contributed by atoms with Crippen LogP contribution in [0.2, 0.25) is 0 Å². The maximum atomic E-state index is 8.14. The van der Waals surface area contributed by atoms with Crippen LogP contribution in [0.15, 0.2) is 0 Å². The highest BCUT2D eigenvalue weighted by atomic mass is 16.3. The van der Waals surface area contributed by atoms with Crippen molar-refractivity contribution in [2.24, 2.45) is 11.8 Å². The van der Waals surface area contributed by atoms with Crippen molar-refractivity contribution >= 4 is 0 Å². The monoisotopic (exact) mass is 175 g/mol.